The van der Waals surface area contributed by atoms with E-state index in [4.69, 9.17) is 0 Å². The fourth-order valence-electron chi connectivity index (χ4n) is 1.64. The molecular weight excluding hydrogens is 325 g/mol. The van der Waals surface area contributed by atoms with Crippen molar-refractivity contribution in [1.29, 1.82) is 0 Å². The van der Waals surface area contributed by atoms with Crippen LogP contribution in [0.4, 0.5) is 4.39 Å². The number of benzene rings is 1. The SMILES string of the molecule is CC(C)(C)[Si](C)(C)C#CC[C@H](NC(=O)c1ccccc1F)C(=O)O. The quantitative estimate of drug-likeness (QED) is 0.646. The summed E-state index contributed by atoms with van der Waals surface area (Å²) in [6.45, 7) is 10.6. The standard InChI is InChI=1S/C18H24FNO3Si/c1-18(2,3)24(4,5)12-8-11-15(17(22)23)20-16(21)13-9-6-7-10-14(13)19/h6-7,9-10,15H,11H2,1-5H3,(H,20,21)(H,22,23)/t15-/m0/s1. The zero-order chi connectivity index (χ0) is 18.5. The molecule has 130 valence electrons. The second-order valence-corrected chi connectivity index (χ2v) is 12.2. The van der Waals surface area contributed by atoms with Gasteiger partial charge in [0.2, 0.25) is 0 Å². The predicted octanol–water partition coefficient (Wildman–Crippen LogP) is 3.45. The van der Waals surface area contributed by atoms with E-state index < -0.39 is 31.8 Å². The van der Waals surface area contributed by atoms with E-state index in [1.807, 2.05) is 0 Å². The van der Waals surface area contributed by atoms with E-state index in [0.717, 1.165) is 6.07 Å². The van der Waals surface area contributed by atoms with E-state index in [-0.39, 0.29) is 17.0 Å². The Morgan fingerprint density at radius 2 is 1.88 bits per heavy atom. The van der Waals surface area contributed by atoms with Crippen molar-refractivity contribution in [2.24, 2.45) is 0 Å². The van der Waals surface area contributed by atoms with Gasteiger partial charge in [0.1, 0.15) is 19.9 Å². The Morgan fingerprint density at radius 3 is 2.38 bits per heavy atom. The molecule has 1 aromatic rings. The van der Waals surface area contributed by atoms with Crippen LogP contribution in [0.1, 0.15) is 37.6 Å². The lowest BCUT2D eigenvalue weighted by Gasteiger charge is -2.31. The number of rotatable bonds is 4. The van der Waals surface area contributed by atoms with Gasteiger partial charge in [0.05, 0.1) is 5.56 Å². The molecule has 1 rings (SSSR count). The van der Waals surface area contributed by atoms with E-state index in [2.05, 4.69) is 50.6 Å². The lowest BCUT2D eigenvalue weighted by molar-refractivity contribution is -0.139. The molecule has 0 aliphatic heterocycles. The van der Waals surface area contributed by atoms with Crippen molar-refractivity contribution in [3.05, 3.63) is 35.6 Å². The van der Waals surface area contributed by atoms with Gasteiger partial charge in [-0.05, 0) is 17.2 Å². The summed E-state index contributed by atoms with van der Waals surface area (Å²) < 4.78 is 13.6. The van der Waals surface area contributed by atoms with Gasteiger partial charge in [-0.25, -0.2) is 9.18 Å². The zero-order valence-electron chi connectivity index (χ0n) is 14.7. The highest BCUT2D eigenvalue weighted by Gasteiger charge is 2.33. The Hall–Kier alpha value is -2.13. The van der Waals surface area contributed by atoms with Gasteiger partial charge in [-0.2, -0.15) is 0 Å². The van der Waals surface area contributed by atoms with E-state index in [1.54, 1.807) is 0 Å². The highest BCUT2D eigenvalue weighted by atomic mass is 28.3. The van der Waals surface area contributed by atoms with Gasteiger partial charge in [0, 0.05) is 6.42 Å². The minimum Gasteiger partial charge on any atom is -0.480 e. The number of amides is 1. The van der Waals surface area contributed by atoms with E-state index in [0.29, 0.717) is 0 Å². The van der Waals surface area contributed by atoms with Gasteiger partial charge in [-0.15, -0.1) is 11.5 Å². The third-order valence-corrected chi connectivity index (χ3v) is 8.86. The van der Waals surface area contributed by atoms with Gasteiger partial charge < -0.3 is 10.4 Å². The van der Waals surface area contributed by atoms with Crippen molar-refractivity contribution < 1.29 is 19.1 Å². The van der Waals surface area contributed by atoms with E-state index >= 15 is 0 Å². The van der Waals surface area contributed by atoms with Gasteiger partial charge in [0.25, 0.3) is 5.91 Å². The maximum atomic E-state index is 13.6. The van der Waals surface area contributed by atoms with Crippen molar-refractivity contribution in [3.8, 4) is 11.5 Å². The molecule has 0 aliphatic rings. The largest absolute Gasteiger partial charge is 0.480 e. The number of carboxylic acid groups (broad SMARTS) is 1. The third kappa shape index (κ3) is 5.20. The van der Waals surface area contributed by atoms with E-state index in [9.17, 15) is 19.1 Å². The molecule has 2 N–H and O–H groups in total. The first-order valence-corrected chi connectivity index (χ1v) is 10.7. The Bertz CT molecular complexity index is 683. The molecule has 1 amide bonds. The lowest BCUT2D eigenvalue weighted by atomic mass is 10.1. The normalized spacial score (nSPS) is 12.8. The van der Waals surface area contributed by atoms with Crippen LogP contribution in [0.25, 0.3) is 0 Å². The molecule has 0 radical (unpaired) electrons. The maximum absolute atomic E-state index is 13.6. The number of halogens is 1. The number of carboxylic acids is 1. The molecule has 0 aliphatic carbocycles. The maximum Gasteiger partial charge on any atom is 0.327 e. The van der Waals surface area contributed by atoms with Crippen LogP contribution in [-0.2, 0) is 4.79 Å². The van der Waals surface area contributed by atoms with E-state index in [1.165, 1.54) is 18.2 Å². The van der Waals surface area contributed by atoms with Crippen LogP contribution in [0.3, 0.4) is 0 Å². The van der Waals surface area contributed by atoms with Crippen molar-refractivity contribution in [2.45, 2.75) is 51.4 Å². The van der Waals surface area contributed by atoms with Crippen molar-refractivity contribution in [2.75, 3.05) is 0 Å². The number of aliphatic carboxylic acids is 1. The second kappa shape index (κ2) is 7.62. The van der Waals surface area contributed by atoms with Gasteiger partial charge in [0.15, 0.2) is 0 Å². The minimum absolute atomic E-state index is 0.0119. The lowest BCUT2D eigenvalue weighted by Crippen LogP contribution is -2.41. The van der Waals surface area contributed by atoms with Crippen LogP contribution in [0.15, 0.2) is 24.3 Å². The molecule has 0 unspecified atom stereocenters. The predicted molar refractivity (Wildman–Crippen MR) is 94.9 cm³/mol. The van der Waals surface area contributed by atoms with Gasteiger partial charge in [-0.1, -0.05) is 46.0 Å². The summed E-state index contributed by atoms with van der Waals surface area (Å²) in [6, 6.07) is 4.28. The molecule has 24 heavy (non-hydrogen) atoms. The average molecular weight is 349 g/mol. The van der Waals surface area contributed by atoms with Crippen LogP contribution in [0.5, 0.6) is 0 Å². The number of nitrogens with one attached hydrogen (secondary N) is 1. The average Bonchev–Trinajstić information content (AvgIpc) is 2.45. The van der Waals surface area contributed by atoms with Crippen LogP contribution in [-0.4, -0.2) is 31.1 Å². The highest BCUT2D eigenvalue weighted by Crippen LogP contribution is 2.35. The molecule has 0 saturated heterocycles. The molecule has 0 fully saturated rings. The molecule has 0 aromatic heterocycles. The molecule has 1 atom stereocenters. The third-order valence-electron chi connectivity index (χ3n) is 4.30. The van der Waals surface area contributed by atoms with Gasteiger partial charge in [-0.3, -0.25) is 4.79 Å². The zero-order valence-corrected chi connectivity index (χ0v) is 15.7. The second-order valence-electron chi connectivity index (χ2n) is 7.23. The highest BCUT2D eigenvalue weighted by molar-refractivity contribution is 6.87. The Kier molecular flexibility index (Phi) is 6.33. The smallest absolute Gasteiger partial charge is 0.327 e. The molecule has 0 heterocycles. The van der Waals surface area contributed by atoms with Crippen LogP contribution in [0.2, 0.25) is 18.1 Å². The monoisotopic (exact) mass is 349 g/mol. The molecular formula is C18H24FNO3Si. The summed E-state index contributed by atoms with van der Waals surface area (Å²) in [6.07, 6.45) is -0.0119. The summed E-state index contributed by atoms with van der Waals surface area (Å²) in [5.41, 5.74) is 3.03. The molecule has 4 nitrogen and oxygen atoms in total. The molecule has 6 heteroatoms. The van der Waals surface area contributed by atoms with Crippen molar-refractivity contribution >= 4 is 20.0 Å². The number of carbonyl (C=O) groups excluding carboxylic acids is 1. The fourth-order valence-corrected chi connectivity index (χ4v) is 2.56. The Labute approximate surface area is 143 Å². The first-order chi connectivity index (χ1) is 11.0. The Morgan fingerprint density at radius 1 is 1.29 bits per heavy atom. The van der Waals surface area contributed by atoms with Crippen LogP contribution >= 0.6 is 0 Å². The number of hydrogen-bond acceptors (Lipinski definition) is 2. The van der Waals surface area contributed by atoms with Gasteiger partial charge >= 0.3 is 5.97 Å². The van der Waals surface area contributed by atoms with Crippen LogP contribution < -0.4 is 5.32 Å². The molecule has 0 saturated carbocycles. The molecule has 1 aromatic carbocycles. The summed E-state index contributed by atoms with van der Waals surface area (Å²) in [5.74, 6) is 0.274. The van der Waals surface area contributed by atoms with Crippen LogP contribution in [0, 0.1) is 17.3 Å². The first-order valence-electron chi connectivity index (χ1n) is 7.74. The van der Waals surface area contributed by atoms with Crippen molar-refractivity contribution in [3.63, 3.8) is 0 Å². The summed E-state index contributed by atoms with van der Waals surface area (Å²) in [4.78, 5) is 23.4. The Balaban J connectivity index is 2.86. The first kappa shape index (κ1) is 19.9. The minimum atomic E-state index is -1.85. The summed E-state index contributed by atoms with van der Waals surface area (Å²) in [7, 11) is -1.85. The topological polar surface area (TPSA) is 66.4 Å². The summed E-state index contributed by atoms with van der Waals surface area (Å²) in [5, 5.41) is 11.7. The van der Waals surface area contributed by atoms with Crippen molar-refractivity contribution in [1.82, 2.24) is 5.32 Å². The molecule has 0 bridgehead atoms. The number of hydrogen-bond donors (Lipinski definition) is 2. The number of carbonyl (C=O) groups is 2. The summed E-state index contributed by atoms with van der Waals surface area (Å²) >= 11 is 0. The molecule has 0 spiro atoms. The fraction of sp³-hybridized carbons (Fsp3) is 0.444.